The van der Waals surface area contributed by atoms with E-state index < -0.39 is 6.17 Å². The first-order valence-electron chi connectivity index (χ1n) is 4.72. The fraction of sp³-hybridized carbons (Fsp3) is 0.636. The monoisotopic (exact) mass is 202 g/mol. The average molecular weight is 203 g/mol. The van der Waals surface area contributed by atoms with Gasteiger partial charge in [-0.25, -0.2) is 4.39 Å². The third kappa shape index (κ3) is 2.57. The van der Waals surface area contributed by atoms with Crippen molar-refractivity contribution in [3.8, 4) is 0 Å². The molecule has 0 saturated carbocycles. The molecule has 1 rings (SSSR count). The van der Waals surface area contributed by atoms with Crippen LogP contribution in [0.3, 0.4) is 0 Å². The van der Waals surface area contributed by atoms with E-state index in [2.05, 4.69) is 13.8 Å². The van der Waals surface area contributed by atoms with Gasteiger partial charge in [0.15, 0.2) is 0 Å². The minimum Gasteiger partial charge on any atom is -0.241 e. The third-order valence-electron chi connectivity index (χ3n) is 2.39. The van der Waals surface area contributed by atoms with Gasteiger partial charge in [0.25, 0.3) is 0 Å². The highest BCUT2D eigenvalue weighted by Crippen LogP contribution is 2.33. The van der Waals surface area contributed by atoms with Crippen LogP contribution in [0, 0.1) is 11.8 Å². The Bertz CT molecular complexity index is 240. The van der Waals surface area contributed by atoms with Crippen LogP contribution < -0.4 is 0 Å². The topological polar surface area (TPSA) is 0 Å². The molecule has 0 bridgehead atoms. The van der Waals surface area contributed by atoms with Crippen LogP contribution in [-0.4, -0.2) is 6.17 Å². The highest BCUT2D eigenvalue weighted by molar-refractivity contribution is 6.30. The van der Waals surface area contributed by atoms with E-state index in [4.69, 9.17) is 11.6 Å². The van der Waals surface area contributed by atoms with E-state index in [-0.39, 0.29) is 5.92 Å². The zero-order valence-corrected chi connectivity index (χ0v) is 9.11. The van der Waals surface area contributed by atoms with E-state index >= 15 is 0 Å². The van der Waals surface area contributed by atoms with Crippen molar-refractivity contribution in [3.63, 3.8) is 0 Å². The summed E-state index contributed by atoms with van der Waals surface area (Å²) >= 11 is 5.71. The number of hydrogen-bond donors (Lipinski definition) is 0. The third-order valence-corrected chi connectivity index (χ3v) is 2.72. The van der Waals surface area contributed by atoms with E-state index in [1.165, 1.54) is 5.57 Å². The lowest BCUT2D eigenvalue weighted by Gasteiger charge is -2.24. The van der Waals surface area contributed by atoms with Gasteiger partial charge in [0, 0.05) is 5.92 Å². The predicted octanol–water partition coefficient (Wildman–Crippen LogP) is 4.07. The minimum atomic E-state index is -1.000. The van der Waals surface area contributed by atoms with Crippen LogP contribution in [-0.2, 0) is 0 Å². The van der Waals surface area contributed by atoms with Crippen molar-refractivity contribution in [1.29, 1.82) is 0 Å². The summed E-state index contributed by atoms with van der Waals surface area (Å²) in [5, 5.41) is 0.333. The van der Waals surface area contributed by atoms with Crippen molar-refractivity contribution in [1.82, 2.24) is 0 Å². The number of rotatable bonds is 2. The fourth-order valence-corrected chi connectivity index (χ4v) is 1.83. The van der Waals surface area contributed by atoms with Crippen LogP contribution >= 0.6 is 11.6 Å². The Morgan fingerprint density at radius 3 is 2.62 bits per heavy atom. The number of allylic oxidation sites excluding steroid dienone is 4. The summed E-state index contributed by atoms with van der Waals surface area (Å²) in [5.74, 6) is 0.520. The van der Waals surface area contributed by atoms with E-state index in [1.807, 2.05) is 13.0 Å². The van der Waals surface area contributed by atoms with Crippen LogP contribution in [0.15, 0.2) is 22.8 Å². The van der Waals surface area contributed by atoms with Crippen LogP contribution in [0.5, 0.6) is 0 Å². The number of hydrogen-bond acceptors (Lipinski definition) is 0. The SMILES string of the molecule is CC(C)CC1=CC=C(Cl)C(F)C1C. The van der Waals surface area contributed by atoms with Crippen molar-refractivity contribution in [2.45, 2.75) is 33.4 Å². The molecule has 0 nitrogen and oxygen atoms in total. The fourth-order valence-electron chi connectivity index (χ4n) is 1.58. The van der Waals surface area contributed by atoms with E-state index in [0.717, 1.165) is 6.42 Å². The molecule has 0 spiro atoms. The first-order chi connectivity index (χ1) is 6.02. The summed E-state index contributed by atoms with van der Waals surface area (Å²) in [4.78, 5) is 0. The lowest BCUT2D eigenvalue weighted by Crippen LogP contribution is -2.19. The lowest BCUT2D eigenvalue weighted by molar-refractivity contribution is 0.309. The first kappa shape index (κ1) is 10.8. The zero-order valence-electron chi connectivity index (χ0n) is 8.35. The maximum atomic E-state index is 13.4. The molecule has 0 N–H and O–H groups in total. The highest BCUT2D eigenvalue weighted by atomic mass is 35.5. The van der Waals surface area contributed by atoms with Crippen molar-refractivity contribution < 1.29 is 4.39 Å². The maximum absolute atomic E-state index is 13.4. The Kier molecular flexibility index (Phi) is 3.55. The Labute approximate surface area is 84.5 Å². The molecule has 2 heteroatoms. The number of alkyl halides is 1. The Balaban J connectivity index is 2.75. The molecule has 2 unspecified atom stereocenters. The molecule has 0 heterocycles. The molecule has 0 aromatic rings. The van der Waals surface area contributed by atoms with Gasteiger partial charge in [0.05, 0.1) is 5.03 Å². The molecule has 0 aromatic heterocycles. The molecule has 1 aliphatic carbocycles. The second-order valence-electron chi connectivity index (χ2n) is 4.08. The van der Waals surface area contributed by atoms with Crippen molar-refractivity contribution in [2.24, 2.45) is 11.8 Å². The summed E-state index contributed by atoms with van der Waals surface area (Å²) < 4.78 is 13.4. The van der Waals surface area contributed by atoms with Gasteiger partial charge in [-0.15, -0.1) is 0 Å². The zero-order chi connectivity index (χ0) is 10.0. The molecular weight excluding hydrogens is 187 g/mol. The Hall–Kier alpha value is -0.300. The van der Waals surface area contributed by atoms with E-state index in [1.54, 1.807) is 6.08 Å². The predicted molar refractivity (Wildman–Crippen MR) is 55.5 cm³/mol. The van der Waals surface area contributed by atoms with Gasteiger partial charge in [-0.2, -0.15) is 0 Å². The Morgan fingerprint density at radius 2 is 2.08 bits per heavy atom. The smallest absolute Gasteiger partial charge is 0.142 e. The summed E-state index contributed by atoms with van der Waals surface area (Å²) in [5.41, 5.74) is 1.17. The molecular formula is C11H16ClF. The van der Waals surface area contributed by atoms with Crippen molar-refractivity contribution in [3.05, 3.63) is 22.8 Å². The summed E-state index contributed by atoms with van der Waals surface area (Å²) in [6.45, 7) is 6.18. The molecule has 0 radical (unpaired) electrons. The molecule has 0 saturated heterocycles. The first-order valence-corrected chi connectivity index (χ1v) is 5.10. The van der Waals surface area contributed by atoms with E-state index in [9.17, 15) is 4.39 Å². The highest BCUT2D eigenvalue weighted by Gasteiger charge is 2.25. The van der Waals surface area contributed by atoms with Crippen molar-refractivity contribution >= 4 is 11.6 Å². The maximum Gasteiger partial charge on any atom is 0.142 e. The molecule has 0 fully saturated rings. The lowest BCUT2D eigenvalue weighted by atomic mass is 9.86. The minimum absolute atomic E-state index is 0.0556. The van der Waals surface area contributed by atoms with Gasteiger partial charge in [-0.3, -0.25) is 0 Å². The van der Waals surface area contributed by atoms with Crippen molar-refractivity contribution in [2.75, 3.05) is 0 Å². The second kappa shape index (κ2) is 4.28. The van der Waals surface area contributed by atoms with Gasteiger partial charge < -0.3 is 0 Å². The summed E-state index contributed by atoms with van der Waals surface area (Å²) in [6, 6.07) is 0. The van der Waals surface area contributed by atoms with Gasteiger partial charge in [-0.05, 0) is 18.4 Å². The van der Waals surface area contributed by atoms with Crippen LogP contribution in [0.1, 0.15) is 27.2 Å². The van der Waals surface area contributed by atoms with Crippen LogP contribution in [0.25, 0.3) is 0 Å². The molecule has 0 amide bonds. The molecule has 1 aliphatic rings. The molecule has 74 valence electrons. The van der Waals surface area contributed by atoms with Gasteiger partial charge >= 0.3 is 0 Å². The molecule has 0 aliphatic heterocycles. The summed E-state index contributed by atoms with van der Waals surface area (Å²) in [7, 11) is 0. The quantitative estimate of drug-likeness (QED) is 0.633. The summed E-state index contributed by atoms with van der Waals surface area (Å²) in [6.07, 6.45) is 3.61. The standard InChI is InChI=1S/C11H16ClF/c1-7(2)6-9-4-5-10(12)11(13)8(9)3/h4-5,7-8,11H,6H2,1-3H3. The Morgan fingerprint density at radius 1 is 1.46 bits per heavy atom. The molecule has 0 aromatic carbocycles. The van der Waals surface area contributed by atoms with Crippen LogP contribution in [0.4, 0.5) is 4.39 Å². The largest absolute Gasteiger partial charge is 0.241 e. The van der Waals surface area contributed by atoms with E-state index in [0.29, 0.717) is 11.0 Å². The molecule has 2 atom stereocenters. The normalized spacial score (nSPS) is 28.8. The molecule has 13 heavy (non-hydrogen) atoms. The average Bonchev–Trinajstić information content (AvgIpc) is 2.06. The van der Waals surface area contributed by atoms with Gasteiger partial charge in [0.2, 0.25) is 0 Å². The van der Waals surface area contributed by atoms with Gasteiger partial charge in [0.1, 0.15) is 6.17 Å². The van der Waals surface area contributed by atoms with Gasteiger partial charge in [-0.1, -0.05) is 44.0 Å². The number of halogens is 2. The van der Waals surface area contributed by atoms with Crippen LogP contribution in [0.2, 0.25) is 0 Å². The second-order valence-corrected chi connectivity index (χ2v) is 4.52.